The van der Waals surface area contributed by atoms with Crippen molar-refractivity contribution in [1.82, 2.24) is 0 Å². The molecule has 0 heterocycles. The summed E-state index contributed by atoms with van der Waals surface area (Å²) in [5.41, 5.74) is 0. The van der Waals surface area contributed by atoms with Crippen LogP contribution in [0, 0.1) is 0 Å². The molecule has 0 saturated carbocycles. The van der Waals surface area contributed by atoms with E-state index in [1.54, 1.807) is 14.1 Å². The molecule has 4 N–H and O–H groups in total. The van der Waals surface area contributed by atoms with Gasteiger partial charge in [-0.15, -0.1) is 0 Å². The fourth-order valence-corrected chi connectivity index (χ4v) is 2.61. The van der Waals surface area contributed by atoms with Crippen LogP contribution >= 0.6 is 0 Å². The van der Waals surface area contributed by atoms with Gasteiger partial charge in [-0.1, -0.05) is 0 Å². The van der Waals surface area contributed by atoms with Crippen molar-refractivity contribution in [2.24, 2.45) is 0 Å². The Morgan fingerprint density at radius 2 is 1.89 bits per heavy atom. The summed E-state index contributed by atoms with van der Waals surface area (Å²) in [5.74, 6) is -0.687. The van der Waals surface area contributed by atoms with Crippen molar-refractivity contribution in [3.8, 4) is 0 Å². The largest absolute Gasteiger partial charge is 0.478 e. The van der Waals surface area contributed by atoms with Crippen LogP contribution in [0.3, 0.4) is 0 Å². The van der Waals surface area contributed by atoms with Gasteiger partial charge in [-0.05, 0) is 0 Å². The molecule has 0 aromatic carbocycles. The Morgan fingerprint density at radius 3 is 2.33 bits per heavy atom. The molecule has 0 bridgehead atoms. The summed E-state index contributed by atoms with van der Waals surface area (Å²) in [6.07, 6.45) is -0.593. The van der Waals surface area contributed by atoms with E-state index in [-0.39, 0.29) is 13.2 Å². The second kappa shape index (κ2) is 7.50. The molecule has 0 fully saturated rings. The van der Waals surface area contributed by atoms with Gasteiger partial charge in [-0.25, -0.2) is 0 Å². The van der Waals surface area contributed by atoms with Crippen molar-refractivity contribution in [2.75, 3.05) is 39.5 Å². The normalized spacial score (nSPS) is 15.1. The van der Waals surface area contributed by atoms with Gasteiger partial charge < -0.3 is 23.6 Å². The lowest BCUT2D eigenvalue weighted by molar-refractivity contribution is -0.893. The standard InChI is InChI=1S/C8H21NO7SSi/c1-9(2,4-3-5-16-18(14)15)6-8(10)7-17(11,12)13/h8,10,14-15,18H,3-7H2,1-2H3/p+1. The molecule has 0 aliphatic carbocycles. The van der Waals surface area contributed by atoms with Crippen LogP contribution in [0.1, 0.15) is 6.42 Å². The number of aliphatic hydroxyl groups excluding tert-OH is 1. The number of aliphatic hydroxyl groups is 1. The van der Waals surface area contributed by atoms with Crippen LogP contribution in [0.15, 0.2) is 0 Å². The molecule has 0 aromatic rings. The van der Waals surface area contributed by atoms with Crippen molar-refractivity contribution in [3.05, 3.63) is 0 Å². The number of hydrogen-bond acceptors (Lipinski definition) is 6. The van der Waals surface area contributed by atoms with Gasteiger partial charge in [0.2, 0.25) is 0 Å². The van der Waals surface area contributed by atoms with E-state index in [4.69, 9.17) is 14.1 Å². The molecule has 1 unspecified atom stereocenters. The number of likely N-dealkylation sites (N-methyl/N-ethyl adjacent to an activating group) is 1. The maximum Gasteiger partial charge on any atom is 0.478 e. The van der Waals surface area contributed by atoms with Gasteiger partial charge >= 0.3 is 9.53 Å². The molecule has 10 heteroatoms. The lowest BCUT2D eigenvalue weighted by Gasteiger charge is -2.31. The highest BCUT2D eigenvalue weighted by Crippen LogP contribution is 2.04. The van der Waals surface area contributed by atoms with Gasteiger partial charge in [0, 0.05) is 13.0 Å². The van der Waals surface area contributed by atoms with Gasteiger partial charge in [0.1, 0.15) is 18.4 Å². The van der Waals surface area contributed by atoms with E-state index in [0.717, 1.165) is 0 Å². The van der Waals surface area contributed by atoms with Gasteiger partial charge in [0.05, 0.1) is 20.6 Å². The molecular weight excluding hydrogens is 282 g/mol. The quantitative estimate of drug-likeness (QED) is 0.160. The summed E-state index contributed by atoms with van der Waals surface area (Å²) < 4.78 is 34.8. The number of rotatable bonds is 9. The smallest absolute Gasteiger partial charge is 0.392 e. The average molecular weight is 304 g/mol. The zero-order chi connectivity index (χ0) is 14.4. The molecule has 18 heavy (non-hydrogen) atoms. The SMILES string of the molecule is C[N+](C)(CCCO[SiH](O)O)CC(O)CS(=O)(=O)O. The second-order valence-electron chi connectivity index (χ2n) is 4.79. The Morgan fingerprint density at radius 1 is 1.33 bits per heavy atom. The van der Waals surface area contributed by atoms with Crippen LogP contribution in [0.4, 0.5) is 0 Å². The minimum atomic E-state index is -4.18. The number of nitrogens with zero attached hydrogens (tertiary/aromatic N) is 1. The molecule has 0 spiro atoms. The Labute approximate surface area is 109 Å². The fourth-order valence-electron chi connectivity index (χ4n) is 1.64. The Kier molecular flexibility index (Phi) is 7.47. The van der Waals surface area contributed by atoms with Crippen molar-refractivity contribution < 1.29 is 36.6 Å². The monoisotopic (exact) mass is 304 g/mol. The van der Waals surface area contributed by atoms with Crippen LogP contribution in [-0.2, 0) is 14.5 Å². The highest BCUT2D eigenvalue weighted by molar-refractivity contribution is 7.85. The van der Waals surface area contributed by atoms with E-state index in [9.17, 15) is 13.5 Å². The molecular formula is C8H22NO7SSi+. The third-order valence-electron chi connectivity index (χ3n) is 2.28. The fraction of sp³-hybridized carbons (Fsp3) is 1.00. The molecule has 0 aromatic heterocycles. The summed E-state index contributed by atoms with van der Waals surface area (Å²) >= 11 is 0. The first kappa shape index (κ1) is 17.9. The van der Waals surface area contributed by atoms with E-state index in [1.807, 2.05) is 0 Å². The zero-order valence-electron chi connectivity index (χ0n) is 10.6. The highest BCUT2D eigenvalue weighted by Gasteiger charge is 2.24. The molecule has 0 rings (SSSR count). The van der Waals surface area contributed by atoms with Crippen LogP contribution in [-0.4, -0.2) is 87.3 Å². The third kappa shape index (κ3) is 11.0. The molecule has 110 valence electrons. The zero-order valence-corrected chi connectivity index (χ0v) is 12.5. The third-order valence-corrected chi connectivity index (χ3v) is 3.62. The summed E-state index contributed by atoms with van der Waals surface area (Å²) in [6, 6.07) is 0. The van der Waals surface area contributed by atoms with Gasteiger partial charge in [0.15, 0.2) is 0 Å². The number of hydrogen-bond donors (Lipinski definition) is 4. The lowest BCUT2D eigenvalue weighted by atomic mass is 10.3. The Hall–Kier alpha value is -0.0731. The highest BCUT2D eigenvalue weighted by atomic mass is 32.2. The molecule has 0 saturated heterocycles. The van der Waals surface area contributed by atoms with E-state index in [2.05, 4.69) is 4.43 Å². The number of quaternary nitrogens is 1. The van der Waals surface area contributed by atoms with Crippen LogP contribution in [0.25, 0.3) is 0 Å². The van der Waals surface area contributed by atoms with Crippen molar-refractivity contribution in [3.63, 3.8) is 0 Å². The van der Waals surface area contributed by atoms with E-state index in [1.165, 1.54) is 0 Å². The Bertz CT molecular complexity index is 332. The average Bonchev–Trinajstić information content (AvgIpc) is 2.07. The maximum absolute atomic E-state index is 10.6. The maximum atomic E-state index is 10.6. The predicted octanol–water partition coefficient (Wildman–Crippen LogP) is -2.58. The van der Waals surface area contributed by atoms with Gasteiger partial charge in [-0.2, -0.15) is 8.42 Å². The molecule has 0 amide bonds. The van der Waals surface area contributed by atoms with Crippen molar-refractivity contribution in [1.29, 1.82) is 0 Å². The van der Waals surface area contributed by atoms with Crippen LogP contribution < -0.4 is 0 Å². The Balaban J connectivity index is 3.99. The summed E-state index contributed by atoms with van der Waals surface area (Å²) in [5, 5.41) is 9.51. The first-order chi connectivity index (χ1) is 8.02. The molecule has 0 aliphatic heterocycles. The first-order valence-electron chi connectivity index (χ1n) is 5.45. The molecule has 8 nitrogen and oxygen atoms in total. The lowest BCUT2D eigenvalue weighted by Crippen LogP contribution is -2.48. The van der Waals surface area contributed by atoms with E-state index < -0.39 is 31.5 Å². The van der Waals surface area contributed by atoms with E-state index in [0.29, 0.717) is 17.4 Å². The molecule has 0 aliphatic rings. The molecule has 0 radical (unpaired) electrons. The van der Waals surface area contributed by atoms with Gasteiger partial charge in [-0.3, -0.25) is 4.55 Å². The summed E-state index contributed by atoms with van der Waals surface area (Å²) in [7, 11) is -3.58. The minimum absolute atomic E-state index is 0.166. The summed E-state index contributed by atoms with van der Waals surface area (Å²) in [4.78, 5) is 17.2. The van der Waals surface area contributed by atoms with Crippen molar-refractivity contribution >= 4 is 19.6 Å². The van der Waals surface area contributed by atoms with Crippen LogP contribution in [0.5, 0.6) is 0 Å². The summed E-state index contributed by atoms with van der Waals surface area (Å²) in [6.45, 7) is 0.947. The van der Waals surface area contributed by atoms with Crippen LogP contribution in [0.2, 0.25) is 0 Å². The predicted molar refractivity (Wildman–Crippen MR) is 66.4 cm³/mol. The molecule has 1 atom stereocenters. The second-order valence-corrected chi connectivity index (χ2v) is 7.28. The minimum Gasteiger partial charge on any atom is -0.392 e. The van der Waals surface area contributed by atoms with E-state index >= 15 is 0 Å². The van der Waals surface area contributed by atoms with Crippen molar-refractivity contribution in [2.45, 2.75) is 12.5 Å². The first-order valence-corrected chi connectivity index (χ1v) is 8.56. The topological polar surface area (TPSA) is 124 Å². The van der Waals surface area contributed by atoms with Gasteiger partial charge in [0.25, 0.3) is 10.1 Å².